The van der Waals surface area contributed by atoms with Gasteiger partial charge in [-0.3, -0.25) is 0 Å². The highest BCUT2D eigenvalue weighted by Crippen LogP contribution is 2.23. The first-order valence-electron chi connectivity index (χ1n) is 6.57. The molecule has 0 atom stereocenters. The maximum absolute atomic E-state index is 5.83. The third-order valence-corrected chi connectivity index (χ3v) is 2.61. The van der Waals surface area contributed by atoms with Crippen LogP contribution < -0.4 is 10.1 Å². The van der Waals surface area contributed by atoms with Crippen LogP contribution in [0.3, 0.4) is 0 Å². The van der Waals surface area contributed by atoms with E-state index in [1.165, 1.54) is 11.1 Å². The molecular weight excluding hydrogens is 210 g/mol. The second kappa shape index (κ2) is 7.33. The number of hydrogen-bond acceptors (Lipinski definition) is 2. The van der Waals surface area contributed by atoms with Crippen LogP contribution in [0.1, 0.15) is 38.3 Å². The fourth-order valence-electron chi connectivity index (χ4n) is 1.76. The Morgan fingerprint density at radius 2 is 2.06 bits per heavy atom. The van der Waals surface area contributed by atoms with Gasteiger partial charge in [-0.1, -0.05) is 39.0 Å². The summed E-state index contributed by atoms with van der Waals surface area (Å²) in [7, 11) is 0. The van der Waals surface area contributed by atoms with E-state index in [0.29, 0.717) is 5.92 Å². The zero-order chi connectivity index (χ0) is 12.7. The van der Waals surface area contributed by atoms with Crippen LogP contribution in [0.25, 0.3) is 0 Å². The molecule has 0 saturated carbocycles. The van der Waals surface area contributed by atoms with Gasteiger partial charge in [0.25, 0.3) is 0 Å². The summed E-state index contributed by atoms with van der Waals surface area (Å²) in [5.74, 6) is 1.74. The summed E-state index contributed by atoms with van der Waals surface area (Å²) in [6.07, 6.45) is 1.05. The normalized spacial score (nSPS) is 10.9. The number of nitrogens with one attached hydrogen (secondary N) is 1. The lowest BCUT2D eigenvalue weighted by atomic mass is 10.1. The van der Waals surface area contributed by atoms with Gasteiger partial charge in [0.1, 0.15) is 5.75 Å². The molecule has 0 fully saturated rings. The van der Waals surface area contributed by atoms with Crippen molar-refractivity contribution in [2.45, 2.75) is 40.7 Å². The molecule has 0 amide bonds. The molecule has 17 heavy (non-hydrogen) atoms. The van der Waals surface area contributed by atoms with E-state index in [0.717, 1.165) is 31.9 Å². The lowest BCUT2D eigenvalue weighted by molar-refractivity contribution is 0.311. The molecule has 0 saturated heterocycles. The van der Waals surface area contributed by atoms with E-state index in [4.69, 9.17) is 4.74 Å². The summed E-state index contributed by atoms with van der Waals surface area (Å²) >= 11 is 0. The Bertz CT molecular complexity index is 334. The van der Waals surface area contributed by atoms with E-state index in [1.54, 1.807) is 0 Å². The van der Waals surface area contributed by atoms with Gasteiger partial charge in [0.05, 0.1) is 6.61 Å². The molecule has 0 aromatic heterocycles. The first-order valence-corrected chi connectivity index (χ1v) is 6.57. The van der Waals surface area contributed by atoms with E-state index in [2.05, 4.69) is 51.2 Å². The highest BCUT2D eigenvalue weighted by Gasteiger charge is 2.06. The summed E-state index contributed by atoms with van der Waals surface area (Å²) in [5.41, 5.74) is 2.49. The maximum Gasteiger partial charge on any atom is 0.126 e. The Morgan fingerprint density at radius 1 is 1.29 bits per heavy atom. The van der Waals surface area contributed by atoms with Crippen LogP contribution in [0.5, 0.6) is 5.75 Å². The van der Waals surface area contributed by atoms with Crippen molar-refractivity contribution in [3.63, 3.8) is 0 Å². The molecule has 0 heterocycles. The van der Waals surface area contributed by atoms with Crippen molar-refractivity contribution >= 4 is 0 Å². The molecule has 0 aliphatic heterocycles. The van der Waals surface area contributed by atoms with Gasteiger partial charge >= 0.3 is 0 Å². The molecule has 0 radical (unpaired) electrons. The Kier molecular flexibility index (Phi) is 6.06. The standard InChI is InChI=1S/C15H25NO/c1-5-9-17-15-13(4)7-6-8-14(15)11-16-10-12(2)3/h6-8,12,16H,5,9-11H2,1-4H3. The SMILES string of the molecule is CCCOc1c(C)cccc1CNCC(C)C. The Labute approximate surface area is 105 Å². The first kappa shape index (κ1) is 14.0. The summed E-state index contributed by atoms with van der Waals surface area (Å²) in [5, 5.41) is 3.47. The van der Waals surface area contributed by atoms with Crippen molar-refractivity contribution in [1.82, 2.24) is 5.32 Å². The zero-order valence-corrected chi connectivity index (χ0v) is 11.5. The molecule has 1 aromatic rings. The fourth-order valence-corrected chi connectivity index (χ4v) is 1.76. The number of ether oxygens (including phenoxy) is 1. The van der Waals surface area contributed by atoms with Gasteiger partial charge in [-0.15, -0.1) is 0 Å². The average Bonchev–Trinajstić information content (AvgIpc) is 2.28. The smallest absolute Gasteiger partial charge is 0.126 e. The topological polar surface area (TPSA) is 21.3 Å². The minimum absolute atomic E-state index is 0.680. The molecule has 0 aliphatic carbocycles. The highest BCUT2D eigenvalue weighted by molar-refractivity contribution is 5.40. The van der Waals surface area contributed by atoms with Crippen LogP contribution in [0.15, 0.2) is 18.2 Å². The lowest BCUT2D eigenvalue weighted by Gasteiger charge is -2.15. The number of benzene rings is 1. The molecule has 0 bridgehead atoms. The molecule has 2 nitrogen and oxygen atoms in total. The Morgan fingerprint density at radius 3 is 2.71 bits per heavy atom. The number of para-hydroxylation sites is 1. The van der Waals surface area contributed by atoms with E-state index in [9.17, 15) is 0 Å². The van der Waals surface area contributed by atoms with Crippen molar-refractivity contribution in [3.05, 3.63) is 29.3 Å². The van der Waals surface area contributed by atoms with Crippen molar-refractivity contribution in [2.75, 3.05) is 13.2 Å². The van der Waals surface area contributed by atoms with Gasteiger partial charge in [-0.2, -0.15) is 0 Å². The van der Waals surface area contributed by atoms with Crippen molar-refractivity contribution in [2.24, 2.45) is 5.92 Å². The van der Waals surface area contributed by atoms with E-state index in [-0.39, 0.29) is 0 Å². The summed E-state index contributed by atoms with van der Waals surface area (Å²) in [6, 6.07) is 6.35. The Hall–Kier alpha value is -1.02. The quantitative estimate of drug-likeness (QED) is 0.780. The van der Waals surface area contributed by atoms with Gasteiger partial charge in [0.2, 0.25) is 0 Å². The largest absolute Gasteiger partial charge is 0.493 e. The minimum atomic E-state index is 0.680. The summed E-state index contributed by atoms with van der Waals surface area (Å²) in [6.45, 7) is 11.4. The monoisotopic (exact) mass is 235 g/mol. The van der Waals surface area contributed by atoms with E-state index in [1.807, 2.05) is 0 Å². The summed E-state index contributed by atoms with van der Waals surface area (Å²) < 4.78 is 5.83. The molecule has 1 aromatic carbocycles. The number of rotatable bonds is 7. The second-order valence-corrected chi connectivity index (χ2v) is 4.94. The fraction of sp³-hybridized carbons (Fsp3) is 0.600. The van der Waals surface area contributed by atoms with Crippen LogP contribution in [-0.4, -0.2) is 13.2 Å². The molecule has 1 rings (SSSR count). The van der Waals surface area contributed by atoms with Crippen molar-refractivity contribution in [3.8, 4) is 5.75 Å². The lowest BCUT2D eigenvalue weighted by Crippen LogP contribution is -2.19. The first-order chi connectivity index (χ1) is 8.15. The predicted octanol–water partition coefficient (Wildman–Crippen LogP) is 3.53. The van der Waals surface area contributed by atoms with Crippen LogP contribution in [-0.2, 0) is 6.54 Å². The third kappa shape index (κ3) is 4.78. The number of hydrogen-bond donors (Lipinski definition) is 1. The number of aryl methyl sites for hydroxylation is 1. The van der Waals surface area contributed by atoms with Crippen molar-refractivity contribution in [1.29, 1.82) is 0 Å². The average molecular weight is 235 g/mol. The molecular formula is C15H25NO. The zero-order valence-electron chi connectivity index (χ0n) is 11.5. The molecule has 1 N–H and O–H groups in total. The highest BCUT2D eigenvalue weighted by atomic mass is 16.5. The molecule has 0 spiro atoms. The van der Waals surface area contributed by atoms with E-state index < -0.39 is 0 Å². The van der Waals surface area contributed by atoms with Crippen molar-refractivity contribution < 1.29 is 4.74 Å². The molecule has 96 valence electrons. The second-order valence-electron chi connectivity index (χ2n) is 4.94. The van der Waals surface area contributed by atoms with Crippen LogP contribution in [0.2, 0.25) is 0 Å². The maximum atomic E-state index is 5.83. The van der Waals surface area contributed by atoms with Gasteiger partial charge < -0.3 is 10.1 Å². The van der Waals surface area contributed by atoms with E-state index >= 15 is 0 Å². The van der Waals surface area contributed by atoms with Crippen LogP contribution in [0.4, 0.5) is 0 Å². The van der Waals surface area contributed by atoms with Gasteiger partial charge in [0, 0.05) is 12.1 Å². The van der Waals surface area contributed by atoms with Gasteiger partial charge in [0.15, 0.2) is 0 Å². The summed E-state index contributed by atoms with van der Waals surface area (Å²) in [4.78, 5) is 0. The van der Waals surface area contributed by atoms with Crippen LogP contribution in [0, 0.1) is 12.8 Å². The Balaban J connectivity index is 2.65. The minimum Gasteiger partial charge on any atom is -0.493 e. The molecule has 2 heteroatoms. The van der Waals surface area contributed by atoms with Gasteiger partial charge in [-0.25, -0.2) is 0 Å². The molecule has 0 aliphatic rings. The van der Waals surface area contributed by atoms with Crippen LogP contribution >= 0.6 is 0 Å². The van der Waals surface area contributed by atoms with Gasteiger partial charge in [-0.05, 0) is 31.4 Å². The third-order valence-electron chi connectivity index (χ3n) is 2.61. The molecule has 0 unspecified atom stereocenters. The predicted molar refractivity (Wildman–Crippen MR) is 73.5 cm³/mol.